The van der Waals surface area contributed by atoms with Gasteiger partial charge in [-0.2, -0.15) is 0 Å². The van der Waals surface area contributed by atoms with E-state index in [1.807, 2.05) is 18.2 Å². The highest BCUT2D eigenvalue weighted by Gasteiger charge is 2.05. The van der Waals surface area contributed by atoms with Crippen LogP contribution in [-0.2, 0) is 0 Å². The number of rotatable bonds is 2. The lowest BCUT2D eigenvalue weighted by atomic mass is 10.0. The zero-order valence-corrected chi connectivity index (χ0v) is 8.33. The summed E-state index contributed by atoms with van der Waals surface area (Å²) in [4.78, 5) is 0. The molecule has 0 bridgehead atoms. The molecule has 2 rings (SSSR count). The first kappa shape index (κ1) is 9.71. The van der Waals surface area contributed by atoms with Gasteiger partial charge in [0.15, 0.2) is 0 Å². The molecule has 0 saturated carbocycles. The van der Waals surface area contributed by atoms with Crippen LogP contribution >= 0.6 is 0 Å². The number of hydrogen-bond donors (Lipinski definition) is 0. The van der Waals surface area contributed by atoms with Gasteiger partial charge in [-0.1, -0.05) is 24.3 Å². The standard InChI is InChI=1S/C13H10FO/c1-15-13-8-3-2-7-12(13)10-5-4-6-11(14)9-10/h2-6,8-9H,1H3. The average molecular weight is 201 g/mol. The Morgan fingerprint density at radius 2 is 2.07 bits per heavy atom. The molecule has 0 heterocycles. The highest BCUT2D eigenvalue weighted by atomic mass is 19.1. The van der Waals surface area contributed by atoms with E-state index in [2.05, 4.69) is 6.07 Å². The van der Waals surface area contributed by atoms with Gasteiger partial charge in [-0.25, -0.2) is 4.39 Å². The molecule has 0 spiro atoms. The van der Waals surface area contributed by atoms with E-state index in [4.69, 9.17) is 4.74 Å². The van der Waals surface area contributed by atoms with Crippen molar-refractivity contribution in [3.8, 4) is 16.9 Å². The molecule has 0 N–H and O–H groups in total. The predicted octanol–water partition coefficient (Wildman–Crippen LogP) is 3.30. The number of hydrogen-bond acceptors (Lipinski definition) is 1. The highest BCUT2D eigenvalue weighted by Crippen LogP contribution is 2.28. The third-order valence-corrected chi connectivity index (χ3v) is 2.15. The summed E-state index contributed by atoms with van der Waals surface area (Å²) < 4.78 is 18.2. The Kier molecular flexibility index (Phi) is 2.68. The van der Waals surface area contributed by atoms with Gasteiger partial charge < -0.3 is 4.74 Å². The molecule has 2 aromatic rings. The van der Waals surface area contributed by atoms with Gasteiger partial charge in [0.25, 0.3) is 0 Å². The molecule has 2 aromatic carbocycles. The molecule has 0 aliphatic carbocycles. The van der Waals surface area contributed by atoms with E-state index in [1.54, 1.807) is 19.2 Å². The summed E-state index contributed by atoms with van der Waals surface area (Å²) in [5.41, 5.74) is 1.55. The summed E-state index contributed by atoms with van der Waals surface area (Å²) in [6.07, 6.45) is 0. The van der Waals surface area contributed by atoms with Gasteiger partial charge in [0.2, 0.25) is 0 Å². The lowest BCUT2D eigenvalue weighted by Gasteiger charge is -2.07. The molecule has 15 heavy (non-hydrogen) atoms. The zero-order chi connectivity index (χ0) is 10.7. The average Bonchev–Trinajstić information content (AvgIpc) is 2.29. The van der Waals surface area contributed by atoms with E-state index < -0.39 is 0 Å². The quantitative estimate of drug-likeness (QED) is 0.724. The van der Waals surface area contributed by atoms with Gasteiger partial charge in [-0.3, -0.25) is 0 Å². The van der Waals surface area contributed by atoms with Gasteiger partial charge in [-0.15, -0.1) is 0 Å². The first-order valence-electron chi connectivity index (χ1n) is 4.62. The van der Waals surface area contributed by atoms with Gasteiger partial charge >= 0.3 is 0 Å². The number of halogens is 1. The Labute approximate surface area is 88.1 Å². The SMILES string of the molecule is COc1ccc[c]c1-c1cccc(F)c1. The second-order valence-electron chi connectivity index (χ2n) is 3.12. The van der Waals surface area contributed by atoms with Gasteiger partial charge in [0, 0.05) is 5.56 Å². The third-order valence-electron chi connectivity index (χ3n) is 2.15. The molecular weight excluding hydrogens is 191 g/mol. The Bertz CT molecular complexity index is 466. The largest absolute Gasteiger partial charge is 0.496 e. The number of ether oxygens (including phenoxy) is 1. The summed E-state index contributed by atoms with van der Waals surface area (Å²) in [5, 5.41) is 0. The van der Waals surface area contributed by atoms with Gasteiger partial charge in [0.05, 0.1) is 7.11 Å². The van der Waals surface area contributed by atoms with Gasteiger partial charge in [-0.05, 0) is 29.8 Å². The van der Waals surface area contributed by atoms with Crippen LogP contribution in [0, 0.1) is 11.9 Å². The monoisotopic (exact) mass is 201 g/mol. The first-order chi connectivity index (χ1) is 7.31. The maximum atomic E-state index is 13.0. The molecular formula is C13H10FO. The predicted molar refractivity (Wildman–Crippen MR) is 57.2 cm³/mol. The van der Waals surface area contributed by atoms with Crippen LogP contribution in [0.4, 0.5) is 4.39 Å². The summed E-state index contributed by atoms with van der Waals surface area (Å²) >= 11 is 0. The molecule has 0 aromatic heterocycles. The van der Waals surface area contributed by atoms with Crippen molar-refractivity contribution in [1.82, 2.24) is 0 Å². The fourth-order valence-corrected chi connectivity index (χ4v) is 1.46. The second-order valence-corrected chi connectivity index (χ2v) is 3.12. The second kappa shape index (κ2) is 4.13. The van der Waals surface area contributed by atoms with E-state index in [1.165, 1.54) is 12.1 Å². The van der Waals surface area contributed by atoms with Gasteiger partial charge in [0.1, 0.15) is 11.6 Å². The van der Waals surface area contributed by atoms with E-state index in [-0.39, 0.29) is 5.82 Å². The molecule has 0 saturated heterocycles. The van der Waals surface area contributed by atoms with Crippen LogP contribution in [0.25, 0.3) is 11.1 Å². The molecule has 1 nitrogen and oxygen atoms in total. The molecule has 1 radical (unpaired) electrons. The highest BCUT2D eigenvalue weighted by molar-refractivity contribution is 5.69. The normalized spacial score (nSPS) is 10.0. The smallest absolute Gasteiger partial charge is 0.127 e. The van der Waals surface area contributed by atoms with E-state index in [0.29, 0.717) is 5.75 Å². The Morgan fingerprint density at radius 3 is 2.80 bits per heavy atom. The van der Waals surface area contributed by atoms with Crippen molar-refractivity contribution < 1.29 is 9.13 Å². The fourth-order valence-electron chi connectivity index (χ4n) is 1.46. The molecule has 0 aliphatic rings. The minimum Gasteiger partial charge on any atom is -0.496 e. The Morgan fingerprint density at radius 1 is 1.20 bits per heavy atom. The summed E-state index contributed by atoms with van der Waals surface area (Å²) in [6.45, 7) is 0. The van der Waals surface area contributed by atoms with Crippen molar-refractivity contribution in [3.05, 3.63) is 54.3 Å². The van der Waals surface area contributed by atoms with Crippen molar-refractivity contribution >= 4 is 0 Å². The summed E-state index contributed by atoms with van der Waals surface area (Å²) in [7, 11) is 1.59. The Hall–Kier alpha value is -1.83. The van der Waals surface area contributed by atoms with Crippen molar-refractivity contribution in [3.63, 3.8) is 0 Å². The zero-order valence-electron chi connectivity index (χ0n) is 8.33. The van der Waals surface area contributed by atoms with Crippen LogP contribution < -0.4 is 4.74 Å². The van der Waals surface area contributed by atoms with E-state index >= 15 is 0 Å². The third kappa shape index (κ3) is 1.99. The maximum Gasteiger partial charge on any atom is 0.127 e. The topological polar surface area (TPSA) is 9.23 Å². The number of benzene rings is 2. The summed E-state index contributed by atoms with van der Waals surface area (Å²) in [6, 6.07) is 14.9. The first-order valence-corrected chi connectivity index (χ1v) is 4.62. The molecule has 0 unspecified atom stereocenters. The number of methoxy groups -OCH3 is 1. The van der Waals surface area contributed by atoms with Crippen LogP contribution in [0.1, 0.15) is 0 Å². The van der Waals surface area contributed by atoms with E-state index in [0.717, 1.165) is 11.1 Å². The van der Waals surface area contributed by atoms with Crippen LogP contribution in [0.5, 0.6) is 5.75 Å². The van der Waals surface area contributed by atoms with Crippen LogP contribution in [-0.4, -0.2) is 7.11 Å². The molecule has 0 atom stereocenters. The fraction of sp³-hybridized carbons (Fsp3) is 0.0769. The molecule has 0 aliphatic heterocycles. The summed E-state index contributed by atoms with van der Waals surface area (Å²) in [5.74, 6) is 0.440. The molecule has 75 valence electrons. The molecule has 0 amide bonds. The minimum atomic E-state index is -0.258. The van der Waals surface area contributed by atoms with Crippen molar-refractivity contribution in [1.29, 1.82) is 0 Å². The maximum absolute atomic E-state index is 13.0. The van der Waals surface area contributed by atoms with Crippen LogP contribution in [0.3, 0.4) is 0 Å². The van der Waals surface area contributed by atoms with Crippen LogP contribution in [0.2, 0.25) is 0 Å². The van der Waals surface area contributed by atoms with Crippen LogP contribution in [0.15, 0.2) is 42.5 Å². The minimum absolute atomic E-state index is 0.258. The van der Waals surface area contributed by atoms with Crippen molar-refractivity contribution in [2.45, 2.75) is 0 Å². The van der Waals surface area contributed by atoms with Crippen molar-refractivity contribution in [2.75, 3.05) is 7.11 Å². The Balaban J connectivity index is 2.53. The molecule has 2 heteroatoms. The molecule has 0 fully saturated rings. The van der Waals surface area contributed by atoms with Crippen molar-refractivity contribution in [2.24, 2.45) is 0 Å². The lowest BCUT2D eigenvalue weighted by molar-refractivity contribution is 0.416. The lowest BCUT2D eigenvalue weighted by Crippen LogP contribution is -1.87. The van der Waals surface area contributed by atoms with E-state index in [9.17, 15) is 4.39 Å².